The Labute approximate surface area is 189 Å². The van der Waals surface area contributed by atoms with Gasteiger partial charge in [-0.15, -0.1) is 0 Å². The second-order valence-corrected chi connectivity index (χ2v) is 6.90. The molecule has 0 aliphatic carbocycles. The molecular weight excluding hydrogens is 505 g/mol. The van der Waals surface area contributed by atoms with E-state index in [0.717, 1.165) is 6.07 Å². The maximum absolute atomic E-state index is 13.0. The van der Waals surface area contributed by atoms with Crippen LogP contribution in [0.4, 0.5) is 50.9 Å². The summed E-state index contributed by atoms with van der Waals surface area (Å²) >= 11 is 0. The summed E-state index contributed by atoms with van der Waals surface area (Å²) in [5.41, 5.74) is -7.32. The summed E-state index contributed by atoms with van der Waals surface area (Å²) in [5, 5.41) is 14.5. The van der Waals surface area contributed by atoms with Crippen LogP contribution in [0.2, 0.25) is 0 Å². The van der Waals surface area contributed by atoms with E-state index < -0.39 is 81.9 Å². The molecule has 2 amide bonds. The Balaban J connectivity index is 2.09. The summed E-state index contributed by atoms with van der Waals surface area (Å²) in [6.07, 6.45) is -16.4. The zero-order valence-corrected chi connectivity index (χ0v) is 16.9. The van der Waals surface area contributed by atoms with Gasteiger partial charge in [0, 0.05) is 18.3 Å². The largest absolute Gasteiger partial charge is 0.423 e. The molecule has 2 aromatic rings. The molecule has 2 rings (SSSR count). The average Bonchev–Trinajstić information content (AvgIpc) is 2.69. The van der Waals surface area contributed by atoms with Crippen LogP contribution in [0, 0.1) is 10.1 Å². The van der Waals surface area contributed by atoms with Crippen molar-refractivity contribution in [1.82, 2.24) is 5.32 Å². The third kappa shape index (κ3) is 7.58. The van der Waals surface area contributed by atoms with Gasteiger partial charge in [0.2, 0.25) is 11.8 Å². The number of nitrogens with one attached hydrogen (secondary N) is 2. The molecule has 0 heterocycles. The lowest BCUT2D eigenvalue weighted by Crippen LogP contribution is -2.28. The topological polar surface area (TPSA) is 101 Å². The predicted molar refractivity (Wildman–Crippen MR) is 99.6 cm³/mol. The third-order valence-electron chi connectivity index (χ3n) is 4.24. The lowest BCUT2D eigenvalue weighted by Gasteiger charge is -2.14. The molecule has 0 atom stereocenters. The van der Waals surface area contributed by atoms with Gasteiger partial charge in [0.1, 0.15) is 12.0 Å². The lowest BCUT2D eigenvalue weighted by molar-refractivity contribution is -0.388. The first-order valence-corrected chi connectivity index (χ1v) is 9.08. The molecule has 16 heteroatoms. The van der Waals surface area contributed by atoms with Gasteiger partial charge < -0.3 is 10.6 Å². The number of benzene rings is 2. The number of nitro benzene ring substituents is 1. The van der Waals surface area contributed by atoms with Gasteiger partial charge in [-0.05, 0) is 35.9 Å². The van der Waals surface area contributed by atoms with Gasteiger partial charge in [-0.2, -0.15) is 39.5 Å². The average molecular weight is 517 g/mol. The van der Waals surface area contributed by atoms with Gasteiger partial charge in [0.15, 0.2) is 0 Å². The number of alkyl halides is 9. The molecule has 7 nitrogen and oxygen atoms in total. The number of hydrogen-bond acceptors (Lipinski definition) is 4. The lowest BCUT2D eigenvalue weighted by atomic mass is 10.0. The van der Waals surface area contributed by atoms with Crippen molar-refractivity contribution in [3.8, 4) is 0 Å². The van der Waals surface area contributed by atoms with E-state index in [1.807, 2.05) is 10.6 Å². The first-order valence-electron chi connectivity index (χ1n) is 9.08. The summed E-state index contributed by atoms with van der Waals surface area (Å²) < 4.78 is 116. The fraction of sp³-hybridized carbons (Fsp3) is 0.263. The molecular formula is C19H12F9N3O4. The number of carbonyl (C=O) groups excluding carboxylic acids is 2. The number of carbonyl (C=O) groups is 2. The van der Waals surface area contributed by atoms with Crippen molar-refractivity contribution in [3.05, 3.63) is 68.8 Å². The molecule has 0 radical (unpaired) electrons. The zero-order chi connectivity index (χ0) is 26.8. The van der Waals surface area contributed by atoms with Gasteiger partial charge in [-0.3, -0.25) is 19.7 Å². The Morgan fingerprint density at radius 2 is 1.34 bits per heavy atom. The van der Waals surface area contributed by atoms with E-state index in [1.54, 1.807) is 0 Å². The first-order chi connectivity index (χ1) is 15.9. The van der Waals surface area contributed by atoms with Crippen molar-refractivity contribution in [2.24, 2.45) is 0 Å². The molecule has 0 bridgehead atoms. The van der Waals surface area contributed by atoms with Crippen LogP contribution in [0.15, 0.2) is 36.4 Å². The highest BCUT2D eigenvalue weighted by atomic mass is 19.4. The van der Waals surface area contributed by atoms with Gasteiger partial charge in [0.25, 0.3) is 5.69 Å². The van der Waals surface area contributed by atoms with Crippen LogP contribution >= 0.6 is 0 Å². The minimum atomic E-state index is -5.14. The maximum Gasteiger partial charge on any atom is 0.423 e. The van der Waals surface area contributed by atoms with E-state index in [-0.39, 0.29) is 12.1 Å². The molecule has 0 aliphatic rings. The fourth-order valence-corrected chi connectivity index (χ4v) is 2.74. The summed E-state index contributed by atoms with van der Waals surface area (Å²) in [5.74, 6) is -2.38. The molecule has 190 valence electrons. The quantitative estimate of drug-likeness (QED) is 0.235. The van der Waals surface area contributed by atoms with Crippen LogP contribution in [0.5, 0.6) is 0 Å². The number of nitrogens with zero attached hydrogens (tertiary/aromatic N) is 1. The van der Waals surface area contributed by atoms with Crippen LogP contribution in [0.1, 0.15) is 28.7 Å². The molecule has 0 fully saturated rings. The highest BCUT2D eigenvalue weighted by Gasteiger charge is 2.39. The zero-order valence-electron chi connectivity index (χ0n) is 16.9. The minimum Gasteiger partial charge on any atom is -0.352 e. The van der Waals surface area contributed by atoms with Crippen LogP contribution in [-0.2, 0) is 34.7 Å². The fourth-order valence-electron chi connectivity index (χ4n) is 2.74. The number of rotatable bonds is 6. The van der Waals surface area contributed by atoms with Crippen molar-refractivity contribution < 1.29 is 54.0 Å². The van der Waals surface area contributed by atoms with E-state index in [0.29, 0.717) is 18.2 Å². The summed E-state index contributed by atoms with van der Waals surface area (Å²) in [6, 6.07) is 2.12. The number of halogens is 9. The summed E-state index contributed by atoms with van der Waals surface area (Å²) in [6.45, 7) is -0.825. The van der Waals surface area contributed by atoms with Crippen LogP contribution < -0.4 is 10.6 Å². The monoisotopic (exact) mass is 517 g/mol. The molecule has 0 aliphatic heterocycles. The standard InChI is InChI=1S/C19H12F9N3O4/c20-17(21,22)10-3-9(4-11(5-10)18(23,24)25)8-29-15(32)7-16(33)30-12-1-2-14(31(34)35)13(6-12)19(26,27)28/h1-6H,7-8H2,(H,29,32)(H,30,33). The minimum absolute atomic E-state index is 0.113. The van der Waals surface area contributed by atoms with Crippen molar-refractivity contribution in [1.29, 1.82) is 0 Å². The van der Waals surface area contributed by atoms with Gasteiger partial charge in [-0.25, -0.2) is 0 Å². The first kappa shape index (κ1) is 27.4. The number of anilines is 1. The molecule has 0 aromatic heterocycles. The van der Waals surface area contributed by atoms with Crippen molar-refractivity contribution in [3.63, 3.8) is 0 Å². The molecule has 0 unspecified atom stereocenters. The molecule has 35 heavy (non-hydrogen) atoms. The Kier molecular flexibility index (Phi) is 7.66. The van der Waals surface area contributed by atoms with Crippen molar-refractivity contribution in [2.75, 3.05) is 5.32 Å². The predicted octanol–water partition coefficient (Wildman–Crippen LogP) is 5.30. The molecule has 2 aromatic carbocycles. The van der Waals surface area contributed by atoms with Gasteiger partial charge in [0.05, 0.1) is 16.1 Å². The van der Waals surface area contributed by atoms with E-state index in [4.69, 9.17) is 0 Å². The molecule has 0 spiro atoms. The second-order valence-electron chi connectivity index (χ2n) is 6.90. The summed E-state index contributed by atoms with van der Waals surface area (Å²) in [7, 11) is 0. The number of amides is 2. The Morgan fingerprint density at radius 1 is 0.800 bits per heavy atom. The van der Waals surface area contributed by atoms with Gasteiger partial charge in [-0.1, -0.05) is 0 Å². The van der Waals surface area contributed by atoms with Crippen molar-refractivity contribution >= 4 is 23.2 Å². The second kappa shape index (κ2) is 9.79. The van der Waals surface area contributed by atoms with E-state index in [9.17, 15) is 59.2 Å². The number of nitro groups is 1. The van der Waals surface area contributed by atoms with Crippen LogP contribution in [0.3, 0.4) is 0 Å². The Bertz CT molecular complexity index is 1110. The van der Waals surface area contributed by atoms with E-state index in [2.05, 4.69) is 0 Å². The highest BCUT2D eigenvalue weighted by Crippen LogP contribution is 2.38. The Hall–Kier alpha value is -3.85. The van der Waals surface area contributed by atoms with Gasteiger partial charge >= 0.3 is 18.5 Å². The van der Waals surface area contributed by atoms with Crippen LogP contribution in [0.25, 0.3) is 0 Å². The van der Waals surface area contributed by atoms with Crippen LogP contribution in [-0.4, -0.2) is 16.7 Å². The molecule has 0 saturated heterocycles. The van der Waals surface area contributed by atoms with Crippen molar-refractivity contribution in [2.45, 2.75) is 31.5 Å². The Morgan fingerprint density at radius 3 is 1.80 bits per heavy atom. The number of hydrogen-bond donors (Lipinski definition) is 2. The molecule has 2 N–H and O–H groups in total. The molecule has 0 saturated carbocycles. The van der Waals surface area contributed by atoms with E-state index >= 15 is 0 Å². The SMILES string of the molecule is O=C(CC(=O)Nc1ccc([N+](=O)[O-])c(C(F)(F)F)c1)NCc1cc(C(F)(F)F)cc(C(F)(F)F)c1. The maximum atomic E-state index is 13.0. The third-order valence-corrected chi connectivity index (χ3v) is 4.24. The summed E-state index contributed by atoms with van der Waals surface area (Å²) in [4.78, 5) is 33.2. The highest BCUT2D eigenvalue weighted by molar-refractivity contribution is 6.03. The smallest absolute Gasteiger partial charge is 0.352 e. The van der Waals surface area contributed by atoms with E-state index in [1.165, 1.54) is 0 Å². The normalized spacial score (nSPS) is 12.3.